The fraction of sp³-hybridized carbons (Fsp3) is 0.0769. The van der Waals surface area contributed by atoms with Crippen molar-refractivity contribution in [2.45, 2.75) is 0 Å². The summed E-state index contributed by atoms with van der Waals surface area (Å²) >= 11 is -2.30. The van der Waals surface area contributed by atoms with Gasteiger partial charge >= 0.3 is 0 Å². The van der Waals surface area contributed by atoms with E-state index in [1.165, 1.54) is 0 Å². The molecule has 6 heteroatoms. The van der Waals surface area contributed by atoms with Crippen LogP contribution < -0.4 is 14.2 Å². The Kier molecular flexibility index (Phi) is 3.10. The van der Waals surface area contributed by atoms with Crippen LogP contribution in [0, 0.1) is 0 Å². The highest BCUT2D eigenvalue weighted by Gasteiger charge is 2.13. The highest BCUT2D eigenvalue weighted by Crippen LogP contribution is 2.36. The average molecular weight is 276 g/mol. The lowest BCUT2D eigenvalue weighted by Gasteiger charge is -2.09. The van der Waals surface area contributed by atoms with E-state index in [2.05, 4.69) is 4.72 Å². The van der Waals surface area contributed by atoms with E-state index in [0.29, 0.717) is 5.69 Å². The first kappa shape index (κ1) is 12.0. The molecule has 98 valence electrons. The molecule has 0 amide bonds. The van der Waals surface area contributed by atoms with E-state index >= 15 is 0 Å². The van der Waals surface area contributed by atoms with Crippen LogP contribution in [0.5, 0.6) is 11.5 Å². The minimum Gasteiger partial charge on any atom is -0.755 e. The van der Waals surface area contributed by atoms with Crippen LogP contribution in [0.25, 0.3) is 11.1 Å². The van der Waals surface area contributed by atoms with Gasteiger partial charge in [0, 0.05) is 17.0 Å². The van der Waals surface area contributed by atoms with Gasteiger partial charge in [0.05, 0.1) is 0 Å². The summed E-state index contributed by atoms with van der Waals surface area (Å²) in [5, 5.41) is 0. The molecular formula is C13H10NO4S-. The van der Waals surface area contributed by atoms with E-state index in [-0.39, 0.29) is 6.79 Å². The lowest BCUT2D eigenvalue weighted by atomic mass is 10.0. The highest BCUT2D eigenvalue weighted by molar-refractivity contribution is 7.80. The van der Waals surface area contributed by atoms with E-state index in [4.69, 9.17) is 9.47 Å². The molecule has 0 bridgehead atoms. The smallest absolute Gasteiger partial charge is 0.231 e. The Labute approximate surface area is 112 Å². The molecule has 1 aliphatic rings. The van der Waals surface area contributed by atoms with E-state index in [1.807, 2.05) is 30.3 Å². The molecule has 0 saturated carbocycles. The molecule has 2 aromatic carbocycles. The largest absolute Gasteiger partial charge is 0.755 e. The molecule has 19 heavy (non-hydrogen) atoms. The van der Waals surface area contributed by atoms with Crippen molar-refractivity contribution in [1.82, 2.24) is 0 Å². The Balaban J connectivity index is 1.88. The Morgan fingerprint density at radius 2 is 1.68 bits per heavy atom. The number of anilines is 1. The van der Waals surface area contributed by atoms with Crippen LogP contribution in [-0.2, 0) is 11.3 Å². The molecule has 1 unspecified atom stereocenters. The second-order valence-corrected chi connectivity index (χ2v) is 4.66. The topological polar surface area (TPSA) is 70.6 Å². The first-order valence-corrected chi connectivity index (χ1v) is 6.66. The number of ether oxygens (including phenoxy) is 2. The van der Waals surface area contributed by atoms with Gasteiger partial charge in [-0.2, -0.15) is 0 Å². The van der Waals surface area contributed by atoms with Crippen molar-refractivity contribution >= 4 is 17.0 Å². The molecule has 0 spiro atoms. The van der Waals surface area contributed by atoms with Crippen molar-refractivity contribution in [3.8, 4) is 22.6 Å². The molecule has 0 radical (unpaired) electrons. The molecule has 3 rings (SSSR count). The molecule has 0 saturated heterocycles. The van der Waals surface area contributed by atoms with Gasteiger partial charge in [0.15, 0.2) is 11.5 Å². The van der Waals surface area contributed by atoms with Gasteiger partial charge in [0.1, 0.15) is 0 Å². The van der Waals surface area contributed by atoms with Gasteiger partial charge in [-0.05, 0) is 35.4 Å². The molecule has 0 aliphatic carbocycles. The van der Waals surface area contributed by atoms with Crippen molar-refractivity contribution in [3.63, 3.8) is 0 Å². The molecule has 0 aromatic heterocycles. The third kappa shape index (κ3) is 2.54. The second-order valence-electron chi connectivity index (χ2n) is 3.98. The lowest BCUT2D eigenvalue weighted by Crippen LogP contribution is -2.01. The first-order valence-electron chi connectivity index (χ1n) is 5.58. The standard InChI is InChI=1S/C13H11NO4S/c15-19(16)14-11-4-1-9(2-5-11)10-3-6-12-13(7-10)18-8-17-12/h1-7,14H,8H2,(H,15,16)/p-1. The summed E-state index contributed by atoms with van der Waals surface area (Å²) in [7, 11) is 0. The summed E-state index contributed by atoms with van der Waals surface area (Å²) in [6.07, 6.45) is 0. The zero-order chi connectivity index (χ0) is 13.2. The van der Waals surface area contributed by atoms with Gasteiger partial charge < -0.3 is 18.7 Å². The number of hydrogen-bond acceptors (Lipinski definition) is 4. The quantitative estimate of drug-likeness (QED) is 0.873. The maximum Gasteiger partial charge on any atom is 0.231 e. The zero-order valence-corrected chi connectivity index (χ0v) is 10.6. The minimum absolute atomic E-state index is 0.247. The molecule has 1 N–H and O–H groups in total. The molecule has 0 fully saturated rings. The van der Waals surface area contributed by atoms with Gasteiger partial charge in [-0.3, -0.25) is 4.21 Å². The van der Waals surface area contributed by atoms with Gasteiger partial charge in [-0.1, -0.05) is 18.2 Å². The lowest BCUT2D eigenvalue weighted by molar-refractivity contribution is 0.174. The summed E-state index contributed by atoms with van der Waals surface area (Å²) in [5.74, 6) is 1.46. The number of nitrogens with one attached hydrogen (secondary N) is 1. The van der Waals surface area contributed by atoms with Crippen molar-refractivity contribution in [3.05, 3.63) is 42.5 Å². The SMILES string of the molecule is O=S([O-])Nc1ccc(-c2ccc3c(c2)OCO3)cc1. The monoisotopic (exact) mass is 276 g/mol. The maximum atomic E-state index is 10.5. The predicted molar refractivity (Wildman–Crippen MR) is 70.5 cm³/mol. The van der Waals surface area contributed by atoms with Crippen LogP contribution in [0.15, 0.2) is 42.5 Å². The van der Waals surface area contributed by atoms with Gasteiger partial charge in [0.25, 0.3) is 0 Å². The molecule has 2 aromatic rings. The summed E-state index contributed by atoms with van der Waals surface area (Å²) in [5.41, 5.74) is 2.48. The van der Waals surface area contributed by atoms with Crippen LogP contribution in [0.1, 0.15) is 0 Å². The molecule has 1 aliphatic heterocycles. The van der Waals surface area contributed by atoms with E-state index in [1.54, 1.807) is 12.1 Å². The van der Waals surface area contributed by atoms with E-state index < -0.39 is 11.3 Å². The summed E-state index contributed by atoms with van der Waals surface area (Å²) in [6.45, 7) is 0.247. The van der Waals surface area contributed by atoms with E-state index in [9.17, 15) is 8.76 Å². The summed E-state index contributed by atoms with van der Waals surface area (Å²) in [6, 6.07) is 12.8. The van der Waals surface area contributed by atoms with Gasteiger partial charge in [-0.25, -0.2) is 0 Å². The average Bonchev–Trinajstić information content (AvgIpc) is 2.86. The third-order valence-electron chi connectivity index (χ3n) is 2.79. The summed E-state index contributed by atoms with van der Waals surface area (Å²) < 4.78 is 33.9. The first-order chi connectivity index (χ1) is 9.22. The van der Waals surface area contributed by atoms with Crippen LogP contribution in [0.4, 0.5) is 5.69 Å². The van der Waals surface area contributed by atoms with Crippen molar-refractivity contribution < 1.29 is 18.2 Å². The second kappa shape index (κ2) is 4.91. The number of rotatable bonds is 3. The van der Waals surface area contributed by atoms with Crippen LogP contribution >= 0.6 is 0 Å². The van der Waals surface area contributed by atoms with Crippen LogP contribution in [0.2, 0.25) is 0 Å². The van der Waals surface area contributed by atoms with Crippen LogP contribution in [-0.4, -0.2) is 15.6 Å². The summed E-state index contributed by atoms with van der Waals surface area (Å²) in [4.78, 5) is 0. The normalized spacial score (nSPS) is 14.2. The highest BCUT2D eigenvalue weighted by atomic mass is 32.2. The third-order valence-corrected chi connectivity index (χ3v) is 3.19. The van der Waals surface area contributed by atoms with Crippen molar-refractivity contribution in [2.24, 2.45) is 0 Å². The maximum absolute atomic E-state index is 10.5. The predicted octanol–water partition coefficient (Wildman–Crippen LogP) is 2.29. The fourth-order valence-corrected chi connectivity index (χ4v) is 2.23. The Hall–Kier alpha value is -2.05. The molecule has 1 atom stereocenters. The van der Waals surface area contributed by atoms with Crippen molar-refractivity contribution in [2.75, 3.05) is 11.5 Å². The Bertz CT molecular complexity index is 627. The molecule has 1 heterocycles. The van der Waals surface area contributed by atoms with Crippen molar-refractivity contribution in [1.29, 1.82) is 0 Å². The fourth-order valence-electron chi connectivity index (χ4n) is 1.90. The zero-order valence-electron chi connectivity index (χ0n) is 9.79. The Morgan fingerprint density at radius 3 is 2.42 bits per heavy atom. The molecular weight excluding hydrogens is 266 g/mol. The number of fused-ring (bicyclic) bond motifs is 1. The van der Waals surface area contributed by atoms with Crippen LogP contribution in [0.3, 0.4) is 0 Å². The van der Waals surface area contributed by atoms with E-state index in [0.717, 1.165) is 22.6 Å². The number of hydrogen-bond donors (Lipinski definition) is 1. The Morgan fingerprint density at radius 1 is 1.00 bits per heavy atom. The molecule has 5 nitrogen and oxygen atoms in total. The van der Waals surface area contributed by atoms with Gasteiger partial charge in [0.2, 0.25) is 6.79 Å². The minimum atomic E-state index is -2.30. The van der Waals surface area contributed by atoms with Gasteiger partial charge in [-0.15, -0.1) is 0 Å². The number of benzene rings is 2.